The van der Waals surface area contributed by atoms with Crippen LogP contribution in [-0.2, 0) is 0 Å². The molecule has 1 aromatic carbocycles. The smallest absolute Gasteiger partial charge is 0.272 e. The van der Waals surface area contributed by atoms with E-state index in [2.05, 4.69) is 32.8 Å². The number of hydrogen-bond acceptors (Lipinski definition) is 3. The molecule has 0 amide bonds. The van der Waals surface area contributed by atoms with E-state index < -0.39 is 0 Å². The standard InChI is InChI=1S/C13H14N4/c1-15-11-17-10-9-16(8-7-14)13(17)12-5-3-2-4-6-12/h2-6,13H,8-11H2. The van der Waals surface area contributed by atoms with Crippen LogP contribution in [0.3, 0.4) is 0 Å². The second-order valence-electron chi connectivity index (χ2n) is 4.02. The quantitative estimate of drug-likeness (QED) is 0.581. The summed E-state index contributed by atoms with van der Waals surface area (Å²) in [4.78, 5) is 7.68. The molecule has 1 unspecified atom stereocenters. The predicted octanol–water partition coefficient (Wildman–Crippen LogP) is 1.70. The Hall–Kier alpha value is -1.88. The van der Waals surface area contributed by atoms with Gasteiger partial charge < -0.3 is 0 Å². The summed E-state index contributed by atoms with van der Waals surface area (Å²) in [7, 11) is 0. The Morgan fingerprint density at radius 1 is 1.29 bits per heavy atom. The number of nitriles is 1. The monoisotopic (exact) mass is 226 g/mol. The first kappa shape index (κ1) is 11.6. The molecule has 0 radical (unpaired) electrons. The molecule has 0 N–H and O–H groups in total. The summed E-state index contributed by atoms with van der Waals surface area (Å²) in [6.07, 6.45) is 0.0740. The van der Waals surface area contributed by atoms with Crippen LogP contribution in [0.2, 0.25) is 0 Å². The van der Waals surface area contributed by atoms with E-state index in [0.717, 1.165) is 18.7 Å². The molecule has 1 aliphatic rings. The maximum atomic E-state index is 8.84. The van der Waals surface area contributed by atoms with Gasteiger partial charge in [-0.1, -0.05) is 30.3 Å². The summed E-state index contributed by atoms with van der Waals surface area (Å²) >= 11 is 0. The average Bonchev–Trinajstić information content (AvgIpc) is 2.74. The molecule has 0 spiro atoms. The summed E-state index contributed by atoms with van der Waals surface area (Å²) < 4.78 is 0. The van der Waals surface area contributed by atoms with Gasteiger partial charge >= 0.3 is 0 Å². The van der Waals surface area contributed by atoms with Crippen molar-refractivity contribution in [3.05, 3.63) is 47.3 Å². The first-order valence-corrected chi connectivity index (χ1v) is 5.60. The van der Waals surface area contributed by atoms with Gasteiger partial charge in [0.2, 0.25) is 0 Å². The zero-order valence-corrected chi connectivity index (χ0v) is 9.58. The van der Waals surface area contributed by atoms with Gasteiger partial charge in [0.15, 0.2) is 0 Å². The molecule has 86 valence electrons. The van der Waals surface area contributed by atoms with Crippen LogP contribution in [0, 0.1) is 17.9 Å². The third-order valence-electron chi connectivity index (χ3n) is 2.99. The lowest BCUT2D eigenvalue weighted by Gasteiger charge is -2.26. The van der Waals surface area contributed by atoms with Gasteiger partial charge in [-0.2, -0.15) is 5.26 Å². The van der Waals surface area contributed by atoms with Crippen molar-refractivity contribution in [2.45, 2.75) is 6.17 Å². The molecule has 2 rings (SSSR count). The zero-order chi connectivity index (χ0) is 12.1. The second kappa shape index (κ2) is 5.45. The fraction of sp³-hybridized carbons (Fsp3) is 0.385. The van der Waals surface area contributed by atoms with Crippen LogP contribution >= 0.6 is 0 Å². The number of benzene rings is 1. The highest BCUT2D eigenvalue weighted by Gasteiger charge is 2.34. The summed E-state index contributed by atoms with van der Waals surface area (Å²) in [5.74, 6) is 0. The third-order valence-corrected chi connectivity index (χ3v) is 2.99. The second-order valence-corrected chi connectivity index (χ2v) is 4.02. The molecule has 1 heterocycles. The lowest BCUT2D eigenvalue weighted by atomic mass is 10.1. The van der Waals surface area contributed by atoms with Gasteiger partial charge in [0, 0.05) is 13.1 Å². The minimum atomic E-state index is 0.0740. The Morgan fingerprint density at radius 3 is 2.65 bits per heavy atom. The molecule has 17 heavy (non-hydrogen) atoms. The Morgan fingerprint density at radius 2 is 2.00 bits per heavy atom. The van der Waals surface area contributed by atoms with E-state index in [1.54, 1.807) is 0 Å². The topological polar surface area (TPSA) is 34.6 Å². The highest BCUT2D eigenvalue weighted by atomic mass is 15.4. The van der Waals surface area contributed by atoms with Crippen LogP contribution in [0.25, 0.3) is 4.85 Å². The van der Waals surface area contributed by atoms with Crippen molar-refractivity contribution in [2.75, 3.05) is 26.3 Å². The minimum absolute atomic E-state index is 0.0740. The maximum Gasteiger partial charge on any atom is 0.272 e. The lowest BCUT2D eigenvalue weighted by molar-refractivity contribution is 0.161. The van der Waals surface area contributed by atoms with E-state index in [-0.39, 0.29) is 6.17 Å². The van der Waals surface area contributed by atoms with E-state index in [0.29, 0.717) is 13.2 Å². The van der Waals surface area contributed by atoms with Gasteiger partial charge in [-0.05, 0) is 5.56 Å². The molecular formula is C13H14N4. The third kappa shape index (κ3) is 2.45. The summed E-state index contributed by atoms with van der Waals surface area (Å²) in [5.41, 5.74) is 1.16. The molecular weight excluding hydrogens is 212 g/mol. The summed E-state index contributed by atoms with van der Waals surface area (Å²) in [6.45, 7) is 9.49. The van der Waals surface area contributed by atoms with E-state index in [1.165, 1.54) is 0 Å². The zero-order valence-electron chi connectivity index (χ0n) is 9.58. The molecule has 1 saturated heterocycles. The molecule has 4 heteroatoms. The normalized spacial score (nSPS) is 20.9. The van der Waals surface area contributed by atoms with Gasteiger partial charge in [-0.25, -0.2) is 11.5 Å². The fourth-order valence-electron chi connectivity index (χ4n) is 2.27. The highest BCUT2D eigenvalue weighted by Crippen LogP contribution is 2.29. The highest BCUT2D eigenvalue weighted by molar-refractivity contribution is 5.20. The van der Waals surface area contributed by atoms with Crippen molar-refractivity contribution in [1.82, 2.24) is 9.80 Å². The fourth-order valence-corrected chi connectivity index (χ4v) is 2.27. The molecule has 0 bridgehead atoms. The van der Waals surface area contributed by atoms with Crippen LogP contribution in [-0.4, -0.2) is 36.1 Å². The molecule has 0 saturated carbocycles. The van der Waals surface area contributed by atoms with Gasteiger partial charge in [-0.3, -0.25) is 9.74 Å². The Bertz CT molecular complexity index is 419. The molecule has 1 aliphatic heterocycles. The lowest BCUT2D eigenvalue weighted by Crippen LogP contribution is -2.31. The predicted molar refractivity (Wildman–Crippen MR) is 64.5 cm³/mol. The van der Waals surface area contributed by atoms with Crippen molar-refractivity contribution in [3.8, 4) is 6.07 Å². The number of nitrogens with zero attached hydrogens (tertiary/aromatic N) is 4. The van der Waals surface area contributed by atoms with Crippen molar-refractivity contribution >= 4 is 0 Å². The molecule has 4 nitrogen and oxygen atoms in total. The first-order chi connectivity index (χ1) is 8.36. The van der Waals surface area contributed by atoms with Gasteiger partial charge in [0.05, 0.1) is 18.8 Å². The van der Waals surface area contributed by atoms with Crippen LogP contribution in [0.4, 0.5) is 0 Å². The van der Waals surface area contributed by atoms with Crippen molar-refractivity contribution in [2.24, 2.45) is 0 Å². The summed E-state index contributed by atoms with van der Waals surface area (Å²) in [6, 6.07) is 12.3. The maximum absolute atomic E-state index is 8.84. The number of rotatable bonds is 3. The van der Waals surface area contributed by atoms with Crippen molar-refractivity contribution in [3.63, 3.8) is 0 Å². The van der Waals surface area contributed by atoms with Crippen molar-refractivity contribution in [1.29, 1.82) is 5.26 Å². The van der Waals surface area contributed by atoms with E-state index in [9.17, 15) is 0 Å². The molecule has 0 aliphatic carbocycles. The van der Waals surface area contributed by atoms with Gasteiger partial charge in [0.1, 0.15) is 0 Å². The van der Waals surface area contributed by atoms with Crippen LogP contribution in [0.15, 0.2) is 30.3 Å². The first-order valence-electron chi connectivity index (χ1n) is 5.60. The molecule has 1 atom stereocenters. The molecule has 1 fully saturated rings. The van der Waals surface area contributed by atoms with Gasteiger partial charge in [0.25, 0.3) is 6.67 Å². The van der Waals surface area contributed by atoms with E-state index >= 15 is 0 Å². The Labute approximate surface area is 101 Å². The van der Waals surface area contributed by atoms with Crippen LogP contribution in [0.1, 0.15) is 11.7 Å². The van der Waals surface area contributed by atoms with Crippen LogP contribution < -0.4 is 0 Å². The number of hydrogen-bond donors (Lipinski definition) is 0. The van der Waals surface area contributed by atoms with Gasteiger partial charge in [-0.15, -0.1) is 0 Å². The minimum Gasteiger partial charge on any atom is -0.299 e. The van der Waals surface area contributed by atoms with Crippen molar-refractivity contribution < 1.29 is 0 Å². The van der Waals surface area contributed by atoms with E-state index in [4.69, 9.17) is 11.8 Å². The Kier molecular flexibility index (Phi) is 3.72. The SMILES string of the molecule is [C-]#[N+]CN1CCN(CC#N)C1c1ccccc1. The average molecular weight is 226 g/mol. The Balaban J connectivity index is 2.24. The van der Waals surface area contributed by atoms with Crippen LogP contribution in [0.5, 0.6) is 0 Å². The summed E-state index contributed by atoms with van der Waals surface area (Å²) in [5, 5.41) is 8.84. The van der Waals surface area contributed by atoms with E-state index in [1.807, 2.05) is 18.2 Å². The molecule has 0 aromatic heterocycles. The largest absolute Gasteiger partial charge is 0.299 e. The molecule has 1 aromatic rings.